The first-order valence-corrected chi connectivity index (χ1v) is 6.92. The van der Waals surface area contributed by atoms with Crippen molar-refractivity contribution in [2.24, 2.45) is 5.73 Å². The largest absolute Gasteiger partial charge is 0.493 e. The fourth-order valence-corrected chi connectivity index (χ4v) is 2.12. The quantitative estimate of drug-likeness (QED) is 0.763. The van der Waals surface area contributed by atoms with E-state index in [1.807, 2.05) is 13.8 Å². The molecule has 2 unspecified atom stereocenters. The number of halogens is 1. The molecule has 0 fully saturated rings. The summed E-state index contributed by atoms with van der Waals surface area (Å²) in [6, 6.07) is 4.57. The number of benzene rings is 1. The lowest BCUT2D eigenvalue weighted by molar-refractivity contribution is 0.161. The second kappa shape index (κ2) is 8.12. The average Bonchev–Trinajstić information content (AvgIpc) is 2.43. The maximum Gasteiger partial charge on any atom is 0.123 e. The Labute approximate surface area is 114 Å². The summed E-state index contributed by atoms with van der Waals surface area (Å²) in [4.78, 5) is 0. The van der Waals surface area contributed by atoms with Gasteiger partial charge in [0.05, 0.1) is 12.7 Å². The zero-order valence-electron chi connectivity index (χ0n) is 11.7. The predicted molar refractivity (Wildman–Crippen MR) is 74.9 cm³/mol. The summed E-state index contributed by atoms with van der Waals surface area (Å²) in [5.41, 5.74) is 6.27. The highest BCUT2D eigenvalue weighted by atomic mass is 19.1. The van der Waals surface area contributed by atoms with Gasteiger partial charge in [-0.15, -0.1) is 0 Å². The van der Waals surface area contributed by atoms with E-state index in [1.54, 1.807) is 6.07 Å². The highest BCUT2D eigenvalue weighted by molar-refractivity contribution is 5.37. The molecule has 0 bridgehead atoms. The average molecular weight is 269 g/mol. The lowest BCUT2D eigenvalue weighted by atomic mass is 9.90. The van der Waals surface area contributed by atoms with Gasteiger partial charge < -0.3 is 15.6 Å². The molecule has 0 aliphatic carbocycles. The third-order valence-corrected chi connectivity index (χ3v) is 3.19. The van der Waals surface area contributed by atoms with E-state index in [9.17, 15) is 9.50 Å². The molecule has 1 aromatic rings. The zero-order chi connectivity index (χ0) is 14.3. The lowest BCUT2D eigenvalue weighted by Crippen LogP contribution is -2.22. The summed E-state index contributed by atoms with van der Waals surface area (Å²) in [5.74, 6) is 0.486. The van der Waals surface area contributed by atoms with E-state index >= 15 is 0 Å². The van der Waals surface area contributed by atoms with Crippen LogP contribution in [0.4, 0.5) is 4.39 Å². The molecular weight excluding hydrogens is 245 g/mol. The van der Waals surface area contributed by atoms with Crippen molar-refractivity contribution < 1.29 is 14.2 Å². The van der Waals surface area contributed by atoms with Crippen molar-refractivity contribution in [1.82, 2.24) is 0 Å². The number of hydrogen-bond acceptors (Lipinski definition) is 3. The Kier molecular flexibility index (Phi) is 6.81. The van der Waals surface area contributed by atoms with E-state index in [1.165, 1.54) is 12.1 Å². The highest BCUT2D eigenvalue weighted by Crippen LogP contribution is 2.33. The lowest BCUT2D eigenvalue weighted by Gasteiger charge is -2.21. The Morgan fingerprint density at radius 3 is 2.68 bits per heavy atom. The Morgan fingerprint density at radius 1 is 1.37 bits per heavy atom. The number of rotatable bonds is 8. The van der Waals surface area contributed by atoms with E-state index in [0.29, 0.717) is 18.8 Å². The standard InChI is InChI=1S/C15H24FNO2/c1-3-7-19-15-6-5-12(16)9-14(15)11(4-2)8-13(18)10-17/h5-6,9,11,13,18H,3-4,7-8,10,17H2,1-2H3. The van der Waals surface area contributed by atoms with Crippen molar-refractivity contribution in [3.63, 3.8) is 0 Å². The Bertz CT molecular complexity index is 384. The van der Waals surface area contributed by atoms with Gasteiger partial charge in [0, 0.05) is 12.1 Å². The SMILES string of the molecule is CCCOc1ccc(F)cc1C(CC)CC(O)CN. The third-order valence-electron chi connectivity index (χ3n) is 3.19. The van der Waals surface area contributed by atoms with Gasteiger partial charge in [-0.3, -0.25) is 0 Å². The number of nitrogens with two attached hydrogens (primary N) is 1. The van der Waals surface area contributed by atoms with Crippen LogP contribution < -0.4 is 10.5 Å². The van der Waals surface area contributed by atoms with Gasteiger partial charge in [0.25, 0.3) is 0 Å². The first-order valence-electron chi connectivity index (χ1n) is 6.92. The van der Waals surface area contributed by atoms with Crippen molar-refractivity contribution in [2.75, 3.05) is 13.2 Å². The molecule has 0 aliphatic heterocycles. The fourth-order valence-electron chi connectivity index (χ4n) is 2.12. The van der Waals surface area contributed by atoms with Crippen LogP contribution >= 0.6 is 0 Å². The van der Waals surface area contributed by atoms with Crippen molar-refractivity contribution >= 4 is 0 Å². The smallest absolute Gasteiger partial charge is 0.123 e. The summed E-state index contributed by atoms with van der Waals surface area (Å²) >= 11 is 0. The second-order valence-electron chi connectivity index (χ2n) is 4.76. The maximum atomic E-state index is 13.4. The van der Waals surface area contributed by atoms with Crippen LogP contribution in [-0.4, -0.2) is 24.4 Å². The molecular formula is C15H24FNO2. The van der Waals surface area contributed by atoms with E-state index in [4.69, 9.17) is 10.5 Å². The Hall–Kier alpha value is -1.13. The molecule has 0 aromatic heterocycles. The van der Waals surface area contributed by atoms with Crippen molar-refractivity contribution in [2.45, 2.75) is 45.1 Å². The molecule has 0 aliphatic rings. The minimum Gasteiger partial charge on any atom is -0.493 e. The van der Waals surface area contributed by atoms with Gasteiger partial charge in [0.15, 0.2) is 0 Å². The van der Waals surface area contributed by atoms with Crippen LogP contribution in [0.25, 0.3) is 0 Å². The molecule has 19 heavy (non-hydrogen) atoms. The van der Waals surface area contributed by atoms with Crippen molar-refractivity contribution in [3.05, 3.63) is 29.6 Å². The van der Waals surface area contributed by atoms with Crippen LogP contribution in [0.2, 0.25) is 0 Å². The Balaban J connectivity index is 2.95. The molecule has 0 heterocycles. The third kappa shape index (κ3) is 4.80. The summed E-state index contributed by atoms with van der Waals surface area (Å²) in [5, 5.41) is 9.70. The van der Waals surface area contributed by atoms with Crippen molar-refractivity contribution in [3.8, 4) is 5.75 Å². The Morgan fingerprint density at radius 2 is 2.11 bits per heavy atom. The zero-order valence-corrected chi connectivity index (χ0v) is 11.7. The molecule has 3 nitrogen and oxygen atoms in total. The summed E-state index contributed by atoms with van der Waals surface area (Å²) in [6.45, 7) is 4.87. The van der Waals surface area contributed by atoms with Crippen LogP contribution in [0.3, 0.4) is 0 Å². The van der Waals surface area contributed by atoms with Crippen LogP contribution in [0.15, 0.2) is 18.2 Å². The van der Waals surface area contributed by atoms with Gasteiger partial charge in [0.1, 0.15) is 11.6 Å². The number of aliphatic hydroxyl groups is 1. The van der Waals surface area contributed by atoms with Crippen molar-refractivity contribution in [1.29, 1.82) is 0 Å². The normalized spacial score (nSPS) is 14.2. The second-order valence-corrected chi connectivity index (χ2v) is 4.76. The van der Waals surface area contributed by atoms with Gasteiger partial charge in [-0.05, 0) is 43.4 Å². The minimum absolute atomic E-state index is 0.0566. The molecule has 1 aromatic carbocycles. The van der Waals surface area contributed by atoms with Crippen LogP contribution in [-0.2, 0) is 0 Å². The fraction of sp³-hybridized carbons (Fsp3) is 0.600. The number of ether oxygens (including phenoxy) is 1. The van der Waals surface area contributed by atoms with Gasteiger partial charge in [-0.25, -0.2) is 4.39 Å². The van der Waals surface area contributed by atoms with Gasteiger partial charge in [0.2, 0.25) is 0 Å². The van der Waals surface area contributed by atoms with Crippen LogP contribution in [0.1, 0.15) is 44.6 Å². The van der Waals surface area contributed by atoms with Gasteiger partial charge in [-0.1, -0.05) is 13.8 Å². The van der Waals surface area contributed by atoms with Gasteiger partial charge in [-0.2, -0.15) is 0 Å². The number of aliphatic hydroxyl groups excluding tert-OH is 1. The molecule has 108 valence electrons. The van der Waals surface area contributed by atoms with E-state index in [0.717, 1.165) is 18.4 Å². The molecule has 3 N–H and O–H groups in total. The van der Waals surface area contributed by atoms with E-state index < -0.39 is 6.10 Å². The van der Waals surface area contributed by atoms with Crippen LogP contribution in [0, 0.1) is 5.82 Å². The first-order chi connectivity index (χ1) is 9.12. The molecule has 1 rings (SSSR count). The summed E-state index contributed by atoms with van der Waals surface area (Å²) in [6.07, 6.45) is 1.67. The topological polar surface area (TPSA) is 55.5 Å². The van der Waals surface area contributed by atoms with Gasteiger partial charge >= 0.3 is 0 Å². The monoisotopic (exact) mass is 269 g/mol. The molecule has 2 atom stereocenters. The summed E-state index contributed by atoms with van der Waals surface area (Å²) in [7, 11) is 0. The first kappa shape index (κ1) is 15.9. The molecule has 0 saturated carbocycles. The molecule has 0 saturated heterocycles. The summed E-state index contributed by atoms with van der Waals surface area (Å²) < 4.78 is 19.1. The minimum atomic E-state index is -0.563. The molecule has 0 radical (unpaired) electrons. The predicted octanol–water partition coefficient (Wildman–Crippen LogP) is 2.82. The van der Waals surface area contributed by atoms with E-state index in [-0.39, 0.29) is 18.3 Å². The molecule has 0 spiro atoms. The molecule has 4 heteroatoms. The number of hydrogen-bond donors (Lipinski definition) is 2. The molecule has 0 amide bonds. The maximum absolute atomic E-state index is 13.4. The van der Waals surface area contributed by atoms with E-state index in [2.05, 4.69) is 0 Å². The highest BCUT2D eigenvalue weighted by Gasteiger charge is 2.18. The van der Waals surface area contributed by atoms with Crippen LogP contribution in [0.5, 0.6) is 5.75 Å².